The molecule has 164 valence electrons. The number of alkyl halides is 3. The summed E-state index contributed by atoms with van der Waals surface area (Å²) < 4.78 is 62.5. The second-order valence-corrected chi connectivity index (χ2v) is 8.56. The molecule has 3 aromatic carbocycles. The minimum absolute atomic E-state index is 0.0440. The summed E-state index contributed by atoms with van der Waals surface area (Å²) in [5.74, 6) is -0.0440. The monoisotopic (exact) mass is 454 g/mol. The van der Waals surface area contributed by atoms with Gasteiger partial charge >= 0.3 is 6.18 Å². The Morgan fingerprint density at radius 3 is 2.31 bits per heavy atom. The summed E-state index contributed by atoms with van der Waals surface area (Å²) >= 11 is -2.16. The molecule has 1 atom stereocenters. The number of hydrogen-bond acceptors (Lipinski definition) is 3. The van der Waals surface area contributed by atoms with E-state index in [1.807, 2.05) is 49.4 Å². The first kappa shape index (κ1) is 22.2. The normalized spacial score (nSPS) is 12.8. The van der Waals surface area contributed by atoms with Crippen molar-refractivity contribution < 1.29 is 21.9 Å². The van der Waals surface area contributed by atoms with E-state index in [4.69, 9.17) is 0 Å². The van der Waals surface area contributed by atoms with E-state index in [0.717, 1.165) is 33.9 Å². The van der Waals surface area contributed by atoms with Crippen LogP contribution in [-0.4, -0.2) is 13.7 Å². The van der Waals surface area contributed by atoms with Crippen LogP contribution >= 0.6 is 0 Å². The van der Waals surface area contributed by atoms with E-state index in [2.05, 4.69) is 4.98 Å². The van der Waals surface area contributed by atoms with Gasteiger partial charge in [0.1, 0.15) is 0 Å². The summed E-state index contributed by atoms with van der Waals surface area (Å²) in [6.45, 7) is 1.83. The number of hydrogen-bond donors (Lipinski definition) is 0. The molecule has 0 saturated heterocycles. The van der Waals surface area contributed by atoms with Gasteiger partial charge in [0.25, 0.3) is 0 Å². The Morgan fingerprint density at radius 1 is 0.938 bits per heavy atom. The highest BCUT2D eigenvalue weighted by molar-refractivity contribution is 7.78. The summed E-state index contributed by atoms with van der Waals surface area (Å²) in [7, 11) is 0. The van der Waals surface area contributed by atoms with Gasteiger partial charge in [0.15, 0.2) is 0 Å². The fourth-order valence-electron chi connectivity index (χ4n) is 3.97. The molecule has 7 heteroatoms. The van der Waals surface area contributed by atoms with Crippen LogP contribution in [-0.2, 0) is 29.4 Å². The van der Waals surface area contributed by atoms with Crippen LogP contribution in [0.4, 0.5) is 13.2 Å². The lowest BCUT2D eigenvalue weighted by Gasteiger charge is -2.15. The van der Waals surface area contributed by atoms with Crippen molar-refractivity contribution in [3.63, 3.8) is 0 Å². The third-order valence-corrected chi connectivity index (χ3v) is 5.86. The van der Waals surface area contributed by atoms with Gasteiger partial charge in [0.05, 0.1) is 11.1 Å². The molecule has 0 aliphatic rings. The molecule has 0 saturated carbocycles. The van der Waals surface area contributed by atoms with Crippen LogP contribution in [0.2, 0.25) is 0 Å². The fourth-order valence-corrected chi connectivity index (χ4v) is 4.42. The second-order valence-electron chi connectivity index (χ2n) is 7.66. The topological polar surface area (TPSA) is 53.0 Å². The van der Waals surface area contributed by atoms with Gasteiger partial charge in [-0.2, -0.15) is 13.2 Å². The van der Waals surface area contributed by atoms with E-state index in [0.29, 0.717) is 17.4 Å². The van der Waals surface area contributed by atoms with Gasteiger partial charge in [-0.05, 0) is 52.8 Å². The van der Waals surface area contributed by atoms with Gasteiger partial charge in [-0.1, -0.05) is 71.7 Å². The molecule has 0 aliphatic carbocycles. The van der Waals surface area contributed by atoms with E-state index in [9.17, 15) is 21.9 Å². The molecule has 0 N–H and O–H groups in total. The van der Waals surface area contributed by atoms with Gasteiger partial charge < -0.3 is 4.55 Å². The summed E-state index contributed by atoms with van der Waals surface area (Å²) in [5.41, 5.74) is 4.14. The second kappa shape index (κ2) is 8.84. The van der Waals surface area contributed by atoms with Crippen molar-refractivity contribution in [2.24, 2.45) is 0 Å². The third kappa shape index (κ3) is 4.74. The van der Waals surface area contributed by atoms with Gasteiger partial charge in [-0.15, -0.1) is 0 Å². The van der Waals surface area contributed by atoms with Crippen molar-refractivity contribution in [3.05, 3.63) is 101 Å². The molecule has 1 unspecified atom stereocenters. The minimum Gasteiger partial charge on any atom is -0.772 e. The van der Waals surface area contributed by atoms with Gasteiger partial charge in [-0.25, -0.2) is 0 Å². The van der Waals surface area contributed by atoms with Crippen molar-refractivity contribution in [2.45, 2.75) is 25.3 Å². The highest BCUT2D eigenvalue weighted by Gasteiger charge is 2.33. The average Bonchev–Trinajstić information content (AvgIpc) is 2.72. The molecular weight excluding hydrogens is 435 g/mol. The molecule has 0 bridgehead atoms. The maximum Gasteiger partial charge on any atom is 0.418 e. The standard InChI is InChI=1S/C25H20F3NO2S/c1-16-14-29-24-21(9-4-10-22(24)25(26,27)28)23(16)20-8-3-6-18(13-20)11-17-5-2-7-19(12-17)15-32(30)31/h2-10,12-14H,11,15H2,1H3,(H,30,31)/p-1. The largest absolute Gasteiger partial charge is 0.772 e. The first-order chi connectivity index (χ1) is 15.2. The number of benzene rings is 3. The van der Waals surface area contributed by atoms with Crippen molar-refractivity contribution in [3.8, 4) is 11.1 Å². The smallest absolute Gasteiger partial charge is 0.418 e. The summed E-state index contributed by atoms with van der Waals surface area (Å²) in [5, 5.41) is 0.455. The number of halogens is 3. The number of fused-ring (bicyclic) bond motifs is 1. The molecule has 4 aromatic rings. The first-order valence-corrected chi connectivity index (χ1v) is 11.2. The number of rotatable bonds is 5. The summed E-state index contributed by atoms with van der Waals surface area (Å²) in [4.78, 5) is 4.09. The van der Waals surface area contributed by atoms with E-state index in [-0.39, 0.29) is 11.3 Å². The Bertz CT molecular complexity index is 1320. The quantitative estimate of drug-likeness (QED) is 0.338. The fraction of sp³-hybridized carbons (Fsp3) is 0.160. The van der Waals surface area contributed by atoms with E-state index >= 15 is 0 Å². The molecular formula is C25H19F3NO2S-. The first-order valence-electron chi connectivity index (χ1n) is 9.91. The summed E-state index contributed by atoms with van der Waals surface area (Å²) in [6.07, 6.45) is -2.44. The van der Waals surface area contributed by atoms with E-state index < -0.39 is 22.8 Å². The Morgan fingerprint density at radius 2 is 1.59 bits per heavy atom. The van der Waals surface area contributed by atoms with E-state index in [1.165, 1.54) is 12.3 Å². The van der Waals surface area contributed by atoms with Gasteiger partial charge in [0.2, 0.25) is 0 Å². The Hall–Kier alpha value is -3.03. The van der Waals surface area contributed by atoms with Crippen LogP contribution in [0, 0.1) is 6.92 Å². The summed E-state index contributed by atoms with van der Waals surface area (Å²) in [6, 6.07) is 19.1. The zero-order valence-corrected chi connectivity index (χ0v) is 18.0. The third-order valence-electron chi connectivity index (χ3n) is 5.29. The molecule has 0 radical (unpaired) electrons. The highest BCUT2D eigenvalue weighted by Crippen LogP contribution is 2.38. The Kier molecular flexibility index (Phi) is 6.13. The molecule has 1 aromatic heterocycles. The lowest BCUT2D eigenvalue weighted by Crippen LogP contribution is -2.07. The molecule has 3 nitrogen and oxygen atoms in total. The van der Waals surface area contributed by atoms with Crippen LogP contribution in [0.15, 0.2) is 72.9 Å². The van der Waals surface area contributed by atoms with Crippen LogP contribution in [0.25, 0.3) is 22.0 Å². The maximum atomic E-state index is 13.5. The maximum absolute atomic E-state index is 13.5. The zero-order chi connectivity index (χ0) is 22.9. The average molecular weight is 454 g/mol. The molecule has 32 heavy (non-hydrogen) atoms. The molecule has 0 amide bonds. The molecule has 4 rings (SSSR count). The minimum atomic E-state index is -4.49. The number of nitrogens with zero attached hydrogens (tertiary/aromatic N) is 1. The number of aromatic nitrogens is 1. The van der Waals surface area contributed by atoms with Crippen LogP contribution in [0.1, 0.15) is 27.8 Å². The number of aryl methyl sites for hydroxylation is 1. The number of para-hydroxylation sites is 1. The van der Waals surface area contributed by atoms with Crippen LogP contribution in [0.3, 0.4) is 0 Å². The Balaban J connectivity index is 1.76. The predicted octanol–water partition coefficient (Wildman–Crippen LogP) is 6.20. The molecule has 0 fully saturated rings. The lowest BCUT2D eigenvalue weighted by atomic mass is 9.93. The van der Waals surface area contributed by atoms with Crippen molar-refractivity contribution in [1.82, 2.24) is 4.98 Å². The van der Waals surface area contributed by atoms with Crippen molar-refractivity contribution in [1.29, 1.82) is 0 Å². The Labute approximate surface area is 186 Å². The number of pyridine rings is 1. The highest BCUT2D eigenvalue weighted by atomic mass is 32.2. The van der Waals surface area contributed by atoms with Gasteiger partial charge in [0, 0.05) is 17.3 Å². The van der Waals surface area contributed by atoms with Crippen LogP contribution in [0.5, 0.6) is 0 Å². The molecule has 0 spiro atoms. The van der Waals surface area contributed by atoms with Gasteiger partial charge in [-0.3, -0.25) is 9.19 Å². The van der Waals surface area contributed by atoms with E-state index in [1.54, 1.807) is 12.1 Å². The molecule has 1 heterocycles. The predicted molar refractivity (Wildman–Crippen MR) is 119 cm³/mol. The molecule has 0 aliphatic heterocycles. The van der Waals surface area contributed by atoms with Crippen LogP contribution < -0.4 is 0 Å². The lowest BCUT2D eigenvalue weighted by molar-refractivity contribution is -0.136. The SMILES string of the molecule is Cc1cnc2c(C(F)(F)F)cccc2c1-c1cccc(Cc2cccc(CS(=O)[O-])c2)c1. The van der Waals surface area contributed by atoms with Crippen molar-refractivity contribution in [2.75, 3.05) is 0 Å². The van der Waals surface area contributed by atoms with Crippen molar-refractivity contribution >= 4 is 22.0 Å². The zero-order valence-electron chi connectivity index (χ0n) is 17.1.